The van der Waals surface area contributed by atoms with Gasteiger partial charge in [0.05, 0.1) is 18.4 Å². The van der Waals surface area contributed by atoms with E-state index in [1.807, 2.05) is 45.0 Å². The van der Waals surface area contributed by atoms with Crippen molar-refractivity contribution in [3.05, 3.63) is 35.4 Å². The zero-order valence-corrected chi connectivity index (χ0v) is 16.9. The molecule has 0 atom stereocenters. The Morgan fingerprint density at radius 1 is 0.962 bits per heavy atom. The number of hydrogen-bond donors (Lipinski definition) is 1. The van der Waals surface area contributed by atoms with Crippen molar-refractivity contribution in [2.24, 2.45) is 5.41 Å². The minimum atomic E-state index is -0.549. The molecule has 0 spiro atoms. The van der Waals surface area contributed by atoms with E-state index in [0.717, 1.165) is 24.1 Å². The first-order valence-corrected chi connectivity index (χ1v) is 9.90. The molecule has 0 radical (unpaired) electrons. The maximum atomic E-state index is 12.0. The van der Waals surface area contributed by atoms with Gasteiger partial charge in [-0.25, -0.2) is 0 Å². The highest BCUT2D eigenvalue weighted by Crippen LogP contribution is 2.24. The van der Waals surface area contributed by atoms with E-state index >= 15 is 0 Å². The van der Waals surface area contributed by atoms with Crippen LogP contribution in [0, 0.1) is 5.41 Å². The lowest BCUT2D eigenvalue weighted by Crippen LogP contribution is -2.29. The number of amides is 1. The van der Waals surface area contributed by atoms with E-state index in [2.05, 4.69) is 12.2 Å². The summed E-state index contributed by atoms with van der Waals surface area (Å²) < 4.78 is 5.13. The topological polar surface area (TPSA) is 55.4 Å². The Labute approximate surface area is 158 Å². The molecule has 4 heteroatoms. The average Bonchev–Trinajstić information content (AvgIpc) is 2.59. The van der Waals surface area contributed by atoms with E-state index in [-0.39, 0.29) is 11.9 Å². The number of rotatable bonds is 12. The molecule has 0 heterocycles. The van der Waals surface area contributed by atoms with Crippen LogP contribution in [0.5, 0.6) is 0 Å². The average molecular weight is 362 g/mol. The van der Waals surface area contributed by atoms with Crippen LogP contribution in [0.1, 0.15) is 70.9 Å². The van der Waals surface area contributed by atoms with E-state index in [9.17, 15) is 9.59 Å². The van der Waals surface area contributed by atoms with Crippen LogP contribution >= 0.6 is 0 Å². The van der Waals surface area contributed by atoms with Crippen molar-refractivity contribution in [3.63, 3.8) is 0 Å². The first-order valence-electron chi connectivity index (χ1n) is 9.90. The highest BCUT2D eigenvalue weighted by atomic mass is 16.5. The number of hydrogen-bond acceptors (Lipinski definition) is 3. The first-order chi connectivity index (χ1) is 12.4. The number of unbranched alkanes of at least 4 members (excludes halogenated alkanes) is 4. The third-order valence-corrected chi connectivity index (χ3v) is 4.46. The van der Waals surface area contributed by atoms with Gasteiger partial charge in [0.15, 0.2) is 0 Å². The second kappa shape index (κ2) is 11.7. The maximum absolute atomic E-state index is 12.0. The van der Waals surface area contributed by atoms with Crippen LogP contribution in [0.3, 0.4) is 0 Å². The lowest BCUT2D eigenvalue weighted by molar-refractivity contribution is -0.153. The summed E-state index contributed by atoms with van der Waals surface area (Å²) in [5.41, 5.74) is 1.52. The Balaban J connectivity index is 2.40. The third-order valence-electron chi connectivity index (χ3n) is 4.46. The van der Waals surface area contributed by atoms with Crippen LogP contribution in [0.4, 0.5) is 0 Å². The van der Waals surface area contributed by atoms with Gasteiger partial charge in [0.25, 0.3) is 0 Å². The molecule has 0 aliphatic carbocycles. The number of nitrogens with one attached hydrogen (secondary N) is 1. The summed E-state index contributed by atoms with van der Waals surface area (Å²) in [6.07, 6.45) is 7.00. The molecule has 0 bridgehead atoms. The van der Waals surface area contributed by atoms with Crippen LogP contribution in [0.25, 0.3) is 0 Å². The molecule has 0 aliphatic heterocycles. The standard InChI is InChI=1S/C22H35NO3/c1-5-7-8-9-10-15-23-20(24)16-18-11-13-19(14-12-18)17-22(3,4)21(25)26-6-2/h11-14H,5-10,15-17H2,1-4H3,(H,23,24). The van der Waals surface area contributed by atoms with Crippen LogP contribution in [-0.2, 0) is 27.2 Å². The molecule has 0 fully saturated rings. The fourth-order valence-electron chi connectivity index (χ4n) is 2.89. The molecule has 0 saturated heterocycles. The van der Waals surface area contributed by atoms with Gasteiger partial charge in [0.1, 0.15) is 0 Å². The third kappa shape index (κ3) is 8.50. The fourth-order valence-corrected chi connectivity index (χ4v) is 2.89. The summed E-state index contributed by atoms with van der Waals surface area (Å²) in [7, 11) is 0. The van der Waals surface area contributed by atoms with E-state index in [4.69, 9.17) is 4.74 Å². The molecule has 0 aliphatic rings. The molecule has 0 unspecified atom stereocenters. The van der Waals surface area contributed by atoms with Gasteiger partial charge in [0, 0.05) is 6.54 Å². The Hall–Kier alpha value is -1.84. The van der Waals surface area contributed by atoms with Gasteiger partial charge < -0.3 is 10.1 Å². The van der Waals surface area contributed by atoms with Crippen molar-refractivity contribution in [1.82, 2.24) is 5.32 Å². The largest absolute Gasteiger partial charge is 0.466 e. The Morgan fingerprint density at radius 3 is 2.19 bits per heavy atom. The lowest BCUT2D eigenvalue weighted by atomic mass is 9.85. The number of carbonyl (C=O) groups excluding carboxylic acids is 2. The van der Waals surface area contributed by atoms with Crippen LogP contribution in [0.2, 0.25) is 0 Å². The predicted molar refractivity (Wildman–Crippen MR) is 106 cm³/mol. The van der Waals surface area contributed by atoms with Gasteiger partial charge in [-0.15, -0.1) is 0 Å². The SMILES string of the molecule is CCCCCCCNC(=O)Cc1ccc(CC(C)(C)C(=O)OCC)cc1. The highest BCUT2D eigenvalue weighted by Gasteiger charge is 2.29. The van der Waals surface area contributed by atoms with Crippen LogP contribution < -0.4 is 5.32 Å². The molecule has 0 saturated carbocycles. The van der Waals surface area contributed by atoms with Crippen molar-refractivity contribution in [2.75, 3.05) is 13.2 Å². The van der Waals surface area contributed by atoms with E-state index in [1.165, 1.54) is 25.7 Å². The number of benzene rings is 1. The van der Waals surface area contributed by atoms with E-state index < -0.39 is 5.41 Å². The number of carbonyl (C=O) groups is 2. The summed E-state index contributed by atoms with van der Waals surface area (Å²) in [5, 5.41) is 2.99. The van der Waals surface area contributed by atoms with Gasteiger partial charge in [-0.2, -0.15) is 0 Å². The van der Waals surface area contributed by atoms with Crippen molar-refractivity contribution in [2.45, 2.75) is 72.6 Å². The van der Waals surface area contributed by atoms with Crippen molar-refractivity contribution < 1.29 is 14.3 Å². The second-order valence-corrected chi connectivity index (χ2v) is 7.54. The maximum Gasteiger partial charge on any atom is 0.311 e. The molecule has 1 aromatic carbocycles. The molecule has 146 valence electrons. The van der Waals surface area contributed by atoms with Crippen LogP contribution in [0.15, 0.2) is 24.3 Å². The van der Waals surface area contributed by atoms with Crippen LogP contribution in [-0.4, -0.2) is 25.0 Å². The van der Waals surface area contributed by atoms with Crippen molar-refractivity contribution >= 4 is 11.9 Å². The highest BCUT2D eigenvalue weighted by molar-refractivity contribution is 5.78. The zero-order valence-electron chi connectivity index (χ0n) is 16.9. The molecule has 1 aromatic rings. The van der Waals surface area contributed by atoms with Gasteiger partial charge in [-0.05, 0) is 44.7 Å². The lowest BCUT2D eigenvalue weighted by Gasteiger charge is -2.22. The first kappa shape index (κ1) is 22.2. The molecule has 1 rings (SSSR count). The van der Waals surface area contributed by atoms with E-state index in [0.29, 0.717) is 19.4 Å². The predicted octanol–water partition coefficient (Wildman–Crippen LogP) is 4.45. The molecule has 1 N–H and O–H groups in total. The summed E-state index contributed by atoms with van der Waals surface area (Å²) in [4.78, 5) is 24.0. The Morgan fingerprint density at radius 2 is 1.58 bits per heavy atom. The van der Waals surface area contributed by atoms with Crippen molar-refractivity contribution in [1.29, 1.82) is 0 Å². The van der Waals surface area contributed by atoms with E-state index in [1.54, 1.807) is 0 Å². The quantitative estimate of drug-likeness (QED) is 0.442. The summed E-state index contributed by atoms with van der Waals surface area (Å²) >= 11 is 0. The molecule has 26 heavy (non-hydrogen) atoms. The zero-order chi connectivity index (χ0) is 19.4. The molecule has 4 nitrogen and oxygen atoms in total. The van der Waals surface area contributed by atoms with Gasteiger partial charge in [-0.3, -0.25) is 9.59 Å². The monoisotopic (exact) mass is 361 g/mol. The summed E-state index contributed by atoms with van der Waals surface area (Å²) in [5.74, 6) is -0.109. The normalized spacial score (nSPS) is 11.2. The molecule has 0 aromatic heterocycles. The van der Waals surface area contributed by atoms with Gasteiger partial charge in [0.2, 0.25) is 5.91 Å². The second-order valence-electron chi connectivity index (χ2n) is 7.54. The molecule has 1 amide bonds. The van der Waals surface area contributed by atoms with Gasteiger partial charge in [-0.1, -0.05) is 56.9 Å². The molecular formula is C22H35NO3. The Bertz CT molecular complexity index is 549. The van der Waals surface area contributed by atoms with Gasteiger partial charge >= 0.3 is 5.97 Å². The Kier molecular flexibility index (Phi) is 10.0. The smallest absolute Gasteiger partial charge is 0.311 e. The number of esters is 1. The summed E-state index contributed by atoms with van der Waals surface area (Å²) in [6, 6.07) is 7.93. The minimum Gasteiger partial charge on any atom is -0.466 e. The van der Waals surface area contributed by atoms with Crippen molar-refractivity contribution in [3.8, 4) is 0 Å². The molecular weight excluding hydrogens is 326 g/mol. The fraction of sp³-hybridized carbons (Fsp3) is 0.636. The minimum absolute atomic E-state index is 0.0695. The number of ether oxygens (including phenoxy) is 1. The summed E-state index contributed by atoms with van der Waals surface area (Å²) in [6.45, 7) is 8.97.